The van der Waals surface area contributed by atoms with Gasteiger partial charge in [0.15, 0.2) is 0 Å². The molecule has 0 saturated heterocycles. The Morgan fingerprint density at radius 1 is 1.22 bits per heavy atom. The number of nitrogen functional groups attached to an aromatic ring is 1. The van der Waals surface area contributed by atoms with Crippen molar-refractivity contribution in [2.75, 3.05) is 10.6 Å². The second-order valence-corrected chi connectivity index (χ2v) is 5.23. The second kappa shape index (κ2) is 6.31. The van der Waals surface area contributed by atoms with Crippen LogP contribution in [0.25, 0.3) is 0 Å². The van der Waals surface area contributed by atoms with Crippen molar-refractivity contribution in [3.63, 3.8) is 0 Å². The lowest BCUT2D eigenvalue weighted by Gasteiger charge is -2.29. The maximum atomic E-state index is 12.3. The van der Waals surface area contributed by atoms with Gasteiger partial charge in [0.2, 0.25) is 5.95 Å². The number of benzene rings is 1. The van der Waals surface area contributed by atoms with E-state index in [0.29, 0.717) is 17.1 Å². The van der Waals surface area contributed by atoms with Crippen LogP contribution in [0.5, 0.6) is 5.75 Å². The molecule has 0 atom stereocenters. The summed E-state index contributed by atoms with van der Waals surface area (Å²) in [6, 6.07) is 5.88. The summed E-state index contributed by atoms with van der Waals surface area (Å²) in [5, 5.41) is 0. The van der Waals surface area contributed by atoms with Crippen LogP contribution in [0.3, 0.4) is 0 Å². The molecule has 0 spiro atoms. The Labute approximate surface area is 131 Å². The van der Waals surface area contributed by atoms with Crippen LogP contribution in [0, 0.1) is 6.92 Å². The van der Waals surface area contributed by atoms with Gasteiger partial charge in [-0.1, -0.05) is 0 Å². The molecule has 0 fully saturated rings. The molecule has 2 N–H and O–H groups in total. The average molecular weight is 326 g/mol. The molecular weight excluding hydrogens is 309 g/mol. The number of rotatable bonds is 4. The Balaban J connectivity index is 2.41. The van der Waals surface area contributed by atoms with Gasteiger partial charge in [-0.2, -0.15) is 4.98 Å². The van der Waals surface area contributed by atoms with Crippen LogP contribution in [0.4, 0.5) is 30.6 Å². The highest BCUT2D eigenvalue weighted by Gasteiger charge is 2.31. The SMILES string of the molecule is Cc1cc(OC(F)(F)F)ccc1N(c1ccnc(N)n1)C(C)C. The van der Waals surface area contributed by atoms with Crippen molar-refractivity contribution in [3.8, 4) is 5.75 Å². The number of hydrogen-bond donors (Lipinski definition) is 1. The minimum absolute atomic E-state index is 0.0115. The van der Waals surface area contributed by atoms with E-state index in [4.69, 9.17) is 5.73 Å². The first-order chi connectivity index (χ1) is 10.7. The van der Waals surface area contributed by atoms with E-state index in [9.17, 15) is 13.2 Å². The van der Waals surface area contributed by atoms with E-state index in [1.54, 1.807) is 19.1 Å². The zero-order valence-corrected chi connectivity index (χ0v) is 12.9. The highest BCUT2D eigenvalue weighted by Crippen LogP contribution is 2.33. The largest absolute Gasteiger partial charge is 0.573 e. The molecule has 0 aliphatic heterocycles. The normalized spacial score (nSPS) is 11.6. The summed E-state index contributed by atoms with van der Waals surface area (Å²) in [5.74, 6) is 0.438. The smallest absolute Gasteiger partial charge is 0.406 e. The molecule has 5 nitrogen and oxygen atoms in total. The van der Waals surface area contributed by atoms with Gasteiger partial charge in [-0.3, -0.25) is 0 Å². The Kier molecular flexibility index (Phi) is 4.63. The van der Waals surface area contributed by atoms with E-state index >= 15 is 0 Å². The molecule has 2 aromatic rings. The number of hydrogen-bond acceptors (Lipinski definition) is 5. The highest BCUT2D eigenvalue weighted by atomic mass is 19.4. The fourth-order valence-corrected chi connectivity index (χ4v) is 2.26. The molecule has 0 aliphatic carbocycles. The first kappa shape index (κ1) is 16.9. The Hall–Kier alpha value is -2.51. The number of nitrogens with zero attached hydrogens (tertiary/aromatic N) is 3. The summed E-state index contributed by atoms with van der Waals surface area (Å²) in [5.41, 5.74) is 6.95. The fourth-order valence-electron chi connectivity index (χ4n) is 2.26. The lowest BCUT2D eigenvalue weighted by atomic mass is 10.1. The third-order valence-electron chi connectivity index (χ3n) is 3.08. The van der Waals surface area contributed by atoms with E-state index in [1.165, 1.54) is 18.3 Å². The highest BCUT2D eigenvalue weighted by molar-refractivity contribution is 5.66. The van der Waals surface area contributed by atoms with Crippen LogP contribution in [-0.4, -0.2) is 22.4 Å². The number of alkyl halides is 3. The van der Waals surface area contributed by atoms with Crippen molar-refractivity contribution >= 4 is 17.5 Å². The van der Waals surface area contributed by atoms with Crippen molar-refractivity contribution in [1.29, 1.82) is 0 Å². The van der Waals surface area contributed by atoms with Crippen molar-refractivity contribution < 1.29 is 17.9 Å². The number of nitrogens with two attached hydrogens (primary N) is 1. The third-order valence-corrected chi connectivity index (χ3v) is 3.08. The first-order valence-corrected chi connectivity index (χ1v) is 6.91. The monoisotopic (exact) mass is 326 g/mol. The molecule has 0 amide bonds. The average Bonchev–Trinajstić information content (AvgIpc) is 2.39. The van der Waals surface area contributed by atoms with E-state index < -0.39 is 6.36 Å². The van der Waals surface area contributed by atoms with Gasteiger partial charge < -0.3 is 15.4 Å². The quantitative estimate of drug-likeness (QED) is 0.925. The van der Waals surface area contributed by atoms with E-state index in [-0.39, 0.29) is 17.7 Å². The molecule has 0 radical (unpaired) electrons. The molecule has 8 heteroatoms. The molecule has 0 bridgehead atoms. The number of ether oxygens (including phenoxy) is 1. The predicted octanol–water partition coefficient (Wildman–Crippen LogP) is 3.81. The summed E-state index contributed by atoms with van der Waals surface area (Å²) in [7, 11) is 0. The van der Waals surface area contributed by atoms with E-state index in [2.05, 4.69) is 14.7 Å². The van der Waals surface area contributed by atoms with Gasteiger partial charge in [0.05, 0.1) is 0 Å². The maximum absolute atomic E-state index is 12.3. The topological polar surface area (TPSA) is 64.3 Å². The van der Waals surface area contributed by atoms with Gasteiger partial charge in [-0.05, 0) is 50.6 Å². The summed E-state index contributed by atoms with van der Waals surface area (Å²) >= 11 is 0. The van der Waals surface area contributed by atoms with Gasteiger partial charge in [0, 0.05) is 17.9 Å². The van der Waals surface area contributed by atoms with Crippen molar-refractivity contribution in [3.05, 3.63) is 36.0 Å². The van der Waals surface area contributed by atoms with Crippen molar-refractivity contribution in [2.45, 2.75) is 33.2 Å². The van der Waals surface area contributed by atoms with Crippen LogP contribution in [-0.2, 0) is 0 Å². The van der Waals surface area contributed by atoms with E-state index in [0.717, 1.165) is 0 Å². The molecule has 0 unspecified atom stereocenters. The molecule has 1 aromatic carbocycles. The zero-order chi connectivity index (χ0) is 17.2. The fraction of sp³-hybridized carbons (Fsp3) is 0.333. The number of aromatic nitrogens is 2. The second-order valence-electron chi connectivity index (χ2n) is 5.23. The first-order valence-electron chi connectivity index (χ1n) is 6.91. The summed E-state index contributed by atoms with van der Waals surface area (Å²) in [6.45, 7) is 5.59. The Morgan fingerprint density at radius 2 is 1.91 bits per heavy atom. The summed E-state index contributed by atoms with van der Waals surface area (Å²) in [6.07, 6.45) is -3.18. The standard InChI is InChI=1S/C15H17F3N4O/c1-9(2)22(13-6-7-20-14(19)21-13)12-5-4-11(8-10(12)3)23-15(16,17)18/h4-9H,1-3H3,(H2,19,20,21). The minimum atomic E-state index is -4.72. The van der Waals surface area contributed by atoms with Gasteiger partial charge in [0.25, 0.3) is 0 Å². The third kappa shape index (κ3) is 4.24. The molecule has 0 aliphatic rings. The number of halogens is 3. The molecule has 1 aromatic heterocycles. The van der Waals surface area contributed by atoms with Crippen LogP contribution in [0.2, 0.25) is 0 Å². The number of aryl methyl sites for hydroxylation is 1. The molecular formula is C15H17F3N4O. The molecule has 23 heavy (non-hydrogen) atoms. The van der Waals surface area contributed by atoms with Crippen LogP contribution in [0.1, 0.15) is 19.4 Å². The maximum Gasteiger partial charge on any atom is 0.573 e. The Morgan fingerprint density at radius 3 is 2.43 bits per heavy atom. The molecule has 0 saturated carbocycles. The van der Waals surface area contributed by atoms with Gasteiger partial charge in [0.1, 0.15) is 11.6 Å². The molecule has 124 valence electrons. The summed E-state index contributed by atoms with van der Waals surface area (Å²) in [4.78, 5) is 9.89. The minimum Gasteiger partial charge on any atom is -0.406 e. The van der Waals surface area contributed by atoms with Gasteiger partial charge in [-0.25, -0.2) is 4.98 Å². The summed E-state index contributed by atoms with van der Waals surface area (Å²) < 4.78 is 40.9. The van der Waals surface area contributed by atoms with Crippen molar-refractivity contribution in [2.24, 2.45) is 0 Å². The Bertz CT molecular complexity index is 689. The predicted molar refractivity (Wildman–Crippen MR) is 81.6 cm³/mol. The number of anilines is 3. The van der Waals surface area contributed by atoms with Crippen LogP contribution < -0.4 is 15.4 Å². The molecule has 2 rings (SSSR count). The van der Waals surface area contributed by atoms with Gasteiger partial charge in [-0.15, -0.1) is 13.2 Å². The van der Waals surface area contributed by atoms with E-state index in [1.807, 2.05) is 18.7 Å². The van der Waals surface area contributed by atoms with Crippen LogP contribution in [0.15, 0.2) is 30.5 Å². The lowest BCUT2D eigenvalue weighted by Crippen LogP contribution is -2.27. The zero-order valence-electron chi connectivity index (χ0n) is 12.9. The molecule has 1 heterocycles. The van der Waals surface area contributed by atoms with Crippen LogP contribution >= 0.6 is 0 Å². The lowest BCUT2D eigenvalue weighted by molar-refractivity contribution is -0.274. The van der Waals surface area contributed by atoms with Crippen molar-refractivity contribution in [1.82, 2.24) is 9.97 Å². The van der Waals surface area contributed by atoms with Gasteiger partial charge >= 0.3 is 6.36 Å².